The second-order valence-electron chi connectivity index (χ2n) is 4.55. The third-order valence-corrected chi connectivity index (χ3v) is 4.07. The minimum Gasteiger partial charge on any atom is -0.384 e. The minimum absolute atomic E-state index is 0.227. The minimum atomic E-state index is -0.948. The second-order valence-corrected chi connectivity index (χ2v) is 5.72. The largest absolute Gasteiger partial charge is 0.384 e. The molecule has 1 atom stereocenters. The van der Waals surface area contributed by atoms with Crippen LogP contribution in [0.2, 0.25) is 0 Å². The van der Waals surface area contributed by atoms with Gasteiger partial charge in [0, 0.05) is 30.4 Å². The summed E-state index contributed by atoms with van der Waals surface area (Å²) in [7, 11) is 1.89. The van der Waals surface area contributed by atoms with Crippen molar-refractivity contribution < 1.29 is 5.11 Å². The van der Waals surface area contributed by atoms with Gasteiger partial charge in [0.2, 0.25) is 0 Å². The zero-order chi connectivity index (χ0) is 13.7. The summed E-state index contributed by atoms with van der Waals surface area (Å²) in [5.74, 6) is 0.800. The van der Waals surface area contributed by atoms with Crippen molar-refractivity contribution in [2.75, 3.05) is 12.3 Å². The van der Waals surface area contributed by atoms with Gasteiger partial charge in [-0.15, -0.1) is 11.8 Å². The van der Waals surface area contributed by atoms with Crippen molar-refractivity contribution in [2.24, 2.45) is 12.8 Å². The van der Waals surface area contributed by atoms with Gasteiger partial charge in [-0.25, -0.2) is 0 Å². The van der Waals surface area contributed by atoms with E-state index >= 15 is 0 Å². The predicted octanol–water partition coefficient (Wildman–Crippen LogP) is 1.75. The number of thioether (sulfide) groups is 1. The first kappa shape index (κ1) is 14.1. The van der Waals surface area contributed by atoms with Crippen LogP contribution in [0.1, 0.15) is 12.0 Å². The third-order valence-electron chi connectivity index (χ3n) is 3.11. The molecule has 0 radical (unpaired) electrons. The van der Waals surface area contributed by atoms with Crippen LogP contribution < -0.4 is 5.73 Å². The Morgan fingerprint density at radius 3 is 2.68 bits per heavy atom. The van der Waals surface area contributed by atoms with Crippen LogP contribution in [-0.4, -0.2) is 27.2 Å². The summed E-state index contributed by atoms with van der Waals surface area (Å²) in [5.41, 5.74) is 5.68. The number of nitrogens with zero attached hydrogens (tertiary/aromatic N) is 2. The molecule has 0 saturated carbocycles. The molecule has 3 N–H and O–H groups in total. The molecule has 4 nitrogen and oxygen atoms in total. The number of aryl methyl sites for hydroxylation is 1. The topological polar surface area (TPSA) is 64.1 Å². The lowest BCUT2D eigenvalue weighted by atomic mass is 9.91. The first-order valence-electron chi connectivity index (χ1n) is 6.23. The summed E-state index contributed by atoms with van der Waals surface area (Å²) in [6.07, 6.45) is 4.41. The number of aliphatic hydroxyl groups is 1. The van der Waals surface area contributed by atoms with Crippen LogP contribution in [0.3, 0.4) is 0 Å². The van der Waals surface area contributed by atoms with E-state index in [2.05, 4.69) is 5.10 Å². The van der Waals surface area contributed by atoms with Crippen molar-refractivity contribution in [3.05, 3.63) is 48.3 Å². The van der Waals surface area contributed by atoms with Gasteiger partial charge < -0.3 is 10.8 Å². The molecule has 0 aliphatic carbocycles. The summed E-state index contributed by atoms with van der Waals surface area (Å²) >= 11 is 1.68. The van der Waals surface area contributed by atoms with Crippen molar-refractivity contribution in [1.29, 1.82) is 0 Å². The molecule has 5 heteroatoms. The lowest BCUT2D eigenvalue weighted by Gasteiger charge is -2.26. The van der Waals surface area contributed by atoms with Gasteiger partial charge in [-0.1, -0.05) is 30.3 Å². The van der Waals surface area contributed by atoms with Gasteiger partial charge in [0.25, 0.3) is 0 Å². The van der Waals surface area contributed by atoms with Gasteiger partial charge in [0.15, 0.2) is 0 Å². The third kappa shape index (κ3) is 3.59. The lowest BCUT2D eigenvalue weighted by molar-refractivity contribution is 0.0431. The highest BCUT2D eigenvalue weighted by atomic mass is 32.2. The first-order valence-corrected chi connectivity index (χ1v) is 7.22. The molecule has 19 heavy (non-hydrogen) atoms. The quantitative estimate of drug-likeness (QED) is 0.790. The van der Waals surface area contributed by atoms with Crippen LogP contribution in [0.25, 0.3) is 0 Å². The number of rotatable bonds is 6. The van der Waals surface area contributed by atoms with Gasteiger partial charge in [0.1, 0.15) is 5.60 Å². The van der Waals surface area contributed by atoms with Crippen LogP contribution in [0.15, 0.2) is 47.6 Å². The fraction of sp³-hybridized carbons (Fsp3) is 0.357. The maximum atomic E-state index is 10.6. The number of hydrogen-bond acceptors (Lipinski definition) is 4. The molecule has 0 aliphatic heterocycles. The van der Waals surface area contributed by atoms with Crippen molar-refractivity contribution in [2.45, 2.75) is 16.9 Å². The fourth-order valence-corrected chi connectivity index (χ4v) is 2.95. The monoisotopic (exact) mass is 277 g/mol. The van der Waals surface area contributed by atoms with Crippen LogP contribution >= 0.6 is 11.8 Å². The number of nitrogens with two attached hydrogens (primary N) is 1. The average Bonchev–Trinajstić information content (AvgIpc) is 2.85. The van der Waals surface area contributed by atoms with E-state index in [9.17, 15) is 5.11 Å². The molecule has 1 unspecified atom stereocenters. The zero-order valence-corrected chi connectivity index (χ0v) is 11.8. The smallest absolute Gasteiger partial charge is 0.103 e. The Balaban J connectivity index is 1.96. The van der Waals surface area contributed by atoms with Crippen molar-refractivity contribution >= 4 is 11.8 Å². The normalized spacial score (nSPS) is 14.3. The summed E-state index contributed by atoms with van der Waals surface area (Å²) in [5, 5.41) is 14.7. The maximum absolute atomic E-state index is 10.6. The molecule has 0 fully saturated rings. The molecule has 0 amide bonds. The summed E-state index contributed by atoms with van der Waals surface area (Å²) in [6.45, 7) is 0.227. The van der Waals surface area contributed by atoms with E-state index in [0.29, 0.717) is 6.42 Å². The summed E-state index contributed by atoms with van der Waals surface area (Å²) in [6, 6.07) is 9.61. The van der Waals surface area contributed by atoms with E-state index in [1.54, 1.807) is 16.4 Å². The Bertz CT molecular complexity index is 514. The molecule has 0 spiro atoms. The Kier molecular flexibility index (Phi) is 4.63. The van der Waals surface area contributed by atoms with E-state index in [1.807, 2.05) is 49.8 Å². The average molecular weight is 277 g/mol. The maximum Gasteiger partial charge on any atom is 0.103 e. The SMILES string of the molecule is Cn1cc(SCCC(O)(CN)c2ccccc2)cn1. The Hall–Kier alpha value is -1.30. The van der Waals surface area contributed by atoms with Crippen molar-refractivity contribution in [1.82, 2.24) is 9.78 Å². The van der Waals surface area contributed by atoms with Gasteiger partial charge >= 0.3 is 0 Å². The zero-order valence-electron chi connectivity index (χ0n) is 11.0. The predicted molar refractivity (Wildman–Crippen MR) is 77.9 cm³/mol. The van der Waals surface area contributed by atoms with E-state index in [-0.39, 0.29) is 6.54 Å². The standard InChI is InChI=1S/C14H19N3OS/c1-17-10-13(9-16-17)19-8-7-14(18,11-15)12-5-3-2-4-6-12/h2-6,9-10,18H,7-8,11,15H2,1H3. The van der Waals surface area contributed by atoms with Crippen LogP contribution in [0.5, 0.6) is 0 Å². The molecule has 2 aromatic rings. The molecule has 0 saturated heterocycles. The van der Waals surface area contributed by atoms with Crippen LogP contribution in [-0.2, 0) is 12.6 Å². The Labute approximate surface area is 117 Å². The van der Waals surface area contributed by atoms with Gasteiger partial charge in [-0.05, 0) is 12.0 Å². The second kappa shape index (κ2) is 6.23. The van der Waals surface area contributed by atoms with Crippen LogP contribution in [0.4, 0.5) is 0 Å². The highest BCUT2D eigenvalue weighted by Crippen LogP contribution is 2.27. The van der Waals surface area contributed by atoms with E-state index in [0.717, 1.165) is 16.2 Å². The molecular weight excluding hydrogens is 258 g/mol. The lowest BCUT2D eigenvalue weighted by Crippen LogP contribution is -2.35. The van der Waals surface area contributed by atoms with Crippen molar-refractivity contribution in [3.63, 3.8) is 0 Å². The molecular formula is C14H19N3OS. The highest BCUT2D eigenvalue weighted by molar-refractivity contribution is 7.99. The van der Waals surface area contributed by atoms with Crippen LogP contribution in [0, 0.1) is 0 Å². The molecule has 0 aliphatic rings. The number of benzene rings is 1. The molecule has 102 valence electrons. The first-order chi connectivity index (χ1) is 9.14. The molecule has 0 bridgehead atoms. The van der Waals surface area contributed by atoms with E-state index < -0.39 is 5.60 Å². The molecule has 1 aromatic heterocycles. The summed E-state index contributed by atoms with van der Waals surface area (Å²) in [4.78, 5) is 1.11. The van der Waals surface area contributed by atoms with Gasteiger partial charge in [-0.2, -0.15) is 5.10 Å². The van der Waals surface area contributed by atoms with E-state index in [1.165, 1.54) is 0 Å². The Morgan fingerprint density at radius 1 is 1.37 bits per heavy atom. The fourth-order valence-electron chi connectivity index (χ4n) is 1.92. The molecule has 1 aromatic carbocycles. The highest BCUT2D eigenvalue weighted by Gasteiger charge is 2.26. The van der Waals surface area contributed by atoms with E-state index in [4.69, 9.17) is 5.73 Å². The molecule has 2 rings (SSSR count). The van der Waals surface area contributed by atoms with Gasteiger partial charge in [0.05, 0.1) is 6.20 Å². The van der Waals surface area contributed by atoms with Crippen molar-refractivity contribution in [3.8, 4) is 0 Å². The molecule has 1 heterocycles. The summed E-state index contributed by atoms with van der Waals surface area (Å²) < 4.78 is 1.77. The van der Waals surface area contributed by atoms with Gasteiger partial charge in [-0.3, -0.25) is 4.68 Å². The Morgan fingerprint density at radius 2 is 2.11 bits per heavy atom. The number of aromatic nitrogens is 2. The number of hydrogen-bond donors (Lipinski definition) is 2.